The van der Waals surface area contributed by atoms with Gasteiger partial charge in [-0.15, -0.1) is 0 Å². The molecule has 0 bridgehead atoms. The van der Waals surface area contributed by atoms with Crippen molar-refractivity contribution in [2.24, 2.45) is 0 Å². The lowest BCUT2D eigenvalue weighted by Gasteiger charge is -2.20. The van der Waals surface area contributed by atoms with E-state index in [2.05, 4.69) is 10.6 Å². The SMILES string of the molecule is CCNCCNC(=O)c1ccc(C)c(S(=O)(=O)N(CC)CC)c1. The number of aryl methyl sites for hydroxylation is 1. The Morgan fingerprint density at radius 3 is 2.35 bits per heavy atom. The number of hydrogen-bond donors (Lipinski definition) is 2. The number of nitrogens with zero attached hydrogens (tertiary/aromatic N) is 1. The van der Waals surface area contributed by atoms with Crippen molar-refractivity contribution in [1.82, 2.24) is 14.9 Å². The molecule has 1 aromatic rings. The van der Waals surface area contributed by atoms with E-state index in [-0.39, 0.29) is 10.8 Å². The lowest BCUT2D eigenvalue weighted by atomic mass is 10.1. The maximum Gasteiger partial charge on any atom is 0.251 e. The Kier molecular flexibility index (Phi) is 7.67. The van der Waals surface area contributed by atoms with E-state index < -0.39 is 10.0 Å². The average Bonchev–Trinajstić information content (AvgIpc) is 2.52. The molecule has 0 atom stereocenters. The number of carbonyl (C=O) groups excluding carboxylic acids is 1. The molecule has 0 heterocycles. The van der Waals surface area contributed by atoms with Gasteiger partial charge in [0.2, 0.25) is 10.0 Å². The quantitative estimate of drug-likeness (QED) is 0.665. The lowest BCUT2D eigenvalue weighted by Crippen LogP contribution is -2.33. The Labute approximate surface area is 139 Å². The van der Waals surface area contributed by atoms with Gasteiger partial charge < -0.3 is 10.6 Å². The fraction of sp³-hybridized carbons (Fsp3) is 0.562. The summed E-state index contributed by atoms with van der Waals surface area (Å²) in [6, 6.07) is 4.79. The first-order valence-electron chi connectivity index (χ1n) is 7.98. The molecule has 0 fully saturated rings. The molecule has 0 aliphatic heterocycles. The molecule has 23 heavy (non-hydrogen) atoms. The molecule has 0 spiro atoms. The molecule has 2 N–H and O–H groups in total. The van der Waals surface area contributed by atoms with Gasteiger partial charge in [0.1, 0.15) is 0 Å². The van der Waals surface area contributed by atoms with Crippen LogP contribution in [-0.2, 0) is 10.0 Å². The minimum absolute atomic E-state index is 0.195. The molecule has 0 radical (unpaired) electrons. The van der Waals surface area contributed by atoms with Crippen LogP contribution >= 0.6 is 0 Å². The number of sulfonamides is 1. The predicted molar refractivity (Wildman–Crippen MR) is 92.2 cm³/mol. The number of hydrogen-bond acceptors (Lipinski definition) is 4. The molecule has 0 unspecified atom stereocenters. The van der Waals surface area contributed by atoms with E-state index in [0.717, 1.165) is 6.54 Å². The van der Waals surface area contributed by atoms with Gasteiger partial charge in [-0.1, -0.05) is 26.8 Å². The summed E-state index contributed by atoms with van der Waals surface area (Å²) in [4.78, 5) is 12.4. The third kappa shape index (κ3) is 5.02. The fourth-order valence-electron chi connectivity index (χ4n) is 2.27. The molecule has 0 aliphatic carbocycles. The van der Waals surface area contributed by atoms with Crippen LogP contribution in [0, 0.1) is 6.92 Å². The summed E-state index contributed by atoms with van der Waals surface area (Å²) in [6.45, 7) is 10.1. The minimum Gasteiger partial charge on any atom is -0.351 e. The number of carbonyl (C=O) groups is 1. The van der Waals surface area contributed by atoms with E-state index in [4.69, 9.17) is 0 Å². The Hall–Kier alpha value is -1.44. The maximum atomic E-state index is 12.7. The van der Waals surface area contributed by atoms with Crippen LogP contribution in [0.3, 0.4) is 0 Å². The number of benzene rings is 1. The molecule has 7 heteroatoms. The van der Waals surface area contributed by atoms with E-state index in [9.17, 15) is 13.2 Å². The number of amides is 1. The Balaban J connectivity index is 3.02. The third-order valence-corrected chi connectivity index (χ3v) is 5.80. The molecule has 0 aromatic heterocycles. The summed E-state index contributed by atoms with van der Waals surface area (Å²) in [7, 11) is -3.58. The molecular weight excluding hydrogens is 314 g/mol. The van der Waals surface area contributed by atoms with Crippen LogP contribution in [0.1, 0.15) is 36.7 Å². The number of nitrogens with one attached hydrogen (secondary N) is 2. The summed E-state index contributed by atoms with van der Waals surface area (Å²) >= 11 is 0. The summed E-state index contributed by atoms with van der Waals surface area (Å²) in [6.07, 6.45) is 0. The molecule has 1 rings (SSSR count). The predicted octanol–water partition coefficient (Wildman–Crippen LogP) is 1.36. The van der Waals surface area contributed by atoms with Crippen molar-refractivity contribution in [1.29, 1.82) is 0 Å². The minimum atomic E-state index is -3.58. The topological polar surface area (TPSA) is 78.5 Å². The normalized spacial score (nSPS) is 11.7. The Morgan fingerprint density at radius 1 is 1.13 bits per heavy atom. The number of rotatable bonds is 9. The summed E-state index contributed by atoms with van der Waals surface area (Å²) in [5.41, 5.74) is 0.999. The van der Waals surface area contributed by atoms with Crippen LogP contribution in [0.15, 0.2) is 23.1 Å². The first kappa shape index (κ1) is 19.6. The largest absolute Gasteiger partial charge is 0.351 e. The van der Waals surface area contributed by atoms with E-state index in [1.165, 1.54) is 10.4 Å². The smallest absolute Gasteiger partial charge is 0.251 e. The van der Waals surface area contributed by atoms with Gasteiger partial charge in [0.05, 0.1) is 4.90 Å². The van der Waals surface area contributed by atoms with E-state index >= 15 is 0 Å². The second-order valence-corrected chi connectivity index (χ2v) is 7.09. The van der Waals surface area contributed by atoms with Gasteiger partial charge in [-0.2, -0.15) is 4.31 Å². The van der Waals surface area contributed by atoms with Gasteiger partial charge in [0, 0.05) is 31.7 Å². The summed E-state index contributed by atoms with van der Waals surface area (Å²) < 4.78 is 26.7. The van der Waals surface area contributed by atoms with Gasteiger partial charge in [0.15, 0.2) is 0 Å². The van der Waals surface area contributed by atoms with E-state index in [1.54, 1.807) is 32.9 Å². The Morgan fingerprint density at radius 2 is 1.78 bits per heavy atom. The zero-order valence-corrected chi connectivity index (χ0v) is 15.2. The zero-order valence-electron chi connectivity index (χ0n) is 14.3. The van der Waals surface area contributed by atoms with Crippen LogP contribution in [0.2, 0.25) is 0 Å². The van der Waals surface area contributed by atoms with E-state index in [1.807, 2.05) is 6.92 Å². The van der Waals surface area contributed by atoms with Crippen LogP contribution in [-0.4, -0.2) is 51.4 Å². The fourth-order valence-corrected chi connectivity index (χ4v) is 3.97. The molecular formula is C16H27N3O3S. The van der Waals surface area contributed by atoms with Gasteiger partial charge in [-0.25, -0.2) is 8.42 Å². The maximum absolute atomic E-state index is 12.7. The first-order valence-corrected chi connectivity index (χ1v) is 9.42. The van der Waals surface area contributed by atoms with Gasteiger partial charge >= 0.3 is 0 Å². The van der Waals surface area contributed by atoms with Gasteiger partial charge in [-0.05, 0) is 31.2 Å². The zero-order chi connectivity index (χ0) is 17.5. The van der Waals surface area contributed by atoms with Crippen molar-refractivity contribution in [2.45, 2.75) is 32.6 Å². The van der Waals surface area contributed by atoms with Crippen molar-refractivity contribution in [3.05, 3.63) is 29.3 Å². The third-order valence-electron chi connectivity index (χ3n) is 3.61. The standard InChI is InChI=1S/C16H27N3O3S/c1-5-17-10-11-18-16(20)14-9-8-13(4)15(12-14)23(21,22)19(6-2)7-3/h8-9,12,17H,5-7,10-11H2,1-4H3,(H,18,20). The van der Waals surface area contributed by atoms with Crippen LogP contribution in [0.4, 0.5) is 0 Å². The number of likely N-dealkylation sites (N-methyl/N-ethyl adjacent to an activating group) is 1. The molecule has 0 saturated heterocycles. The van der Waals surface area contributed by atoms with Crippen LogP contribution in [0.5, 0.6) is 0 Å². The van der Waals surface area contributed by atoms with Crippen LogP contribution in [0.25, 0.3) is 0 Å². The second-order valence-electron chi connectivity index (χ2n) is 5.18. The van der Waals surface area contributed by atoms with E-state index in [0.29, 0.717) is 37.3 Å². The van der Waals surface area contributed by atoms with Crippen molar-refractivity contribution in [3.8, 4) is 0 Å². The second kappa shape index (κ2) is 9.00. The monoisotopic (exact) mass is 341 g/mol. The highest BCUT2D eigenvalue weighted by atomic mass is 32.2. The van der Waals surface area contributed by atoms with Gasteiger partial charge in [-0.3, -0.25) is 4.79 Å². The molecule has 0 aliphatic rings. The van der Waals surface area contributed by atoms with Crippen molar-refractivity contribution in [2.75, 3.05) is 32.7 Å². The van der Waals surface area contributed by atoms with Gasteiger partial charge in [0.25, 0.3) is 5.91 Å². The molecule has 0 saturated carbocycles. The Bertz CT molecular complexity index is 625. The van der Waals surface area contributed by atoms with Crippen molar-refractivity contribution < 1.29 is 13.2 Å². The first-order chi connectivity index (χ1) is 10.9. The summed E-state index contributed by atoms with van der Waals surface area (Å²) in [5.74, 6) is -0.265. The lowest BCUT2D eigenvalue weighted by molar-refractivity contribution is 0.0953. The molecule has 1 amide bonds. The average molecular weight is 341 g/mol. The molecule has 130 valence electrons. The molecule has 1 aromatic carbocycles. The van der Waals surface area contributed by atoms with Crippen LogP contribution < -0.4 is 10.6 Å². The van der Waals surface area contributed by atoms with Crippen molar-refractivity contribution in [3.63, 3.8) is 0 Å². The highest BCUT2D eigenvalue weighted by Crippen LogP contribution is 2.21. The summed E-state index contributed by atoms with van der Waals surface area (Å²) in [5, 5.41) is 5.89. The van der Waals surface area contributed by atoms with Crippen molar-refractivity contribution >= 4 is 15.9 Å². The molecule has 6 nitrogen and oxygen atoms in total. The highest BCUT2D eigenvalue weighted by molar-refractivity contribution is 7.89. The highest BCUT2D eigenvalue weighted by Gasteiger charge is 2.24.